The summed E-state index contributed by atoms with van der Waals surface area (Å²) in [5.74, 6) is 0.841. The standard InChI is InChI=1S/C20H33N3O3/c1-2-20-7-5-6-16(23(20)19(25)26)11-17(12-20)22-13-15(14-22)10-18(24)21-8-3-4-9-21/h15-17H,2-14H2,1H3,(H,25,26). The molecule has 4 aliphatic heterocycles. The number of hydrogen-bond acceptors (Lipinski definition) is 3. The first-order valence-electron chi connectivity index (χ1n) is 10.6. The first-order chi connectivity index (χ1) is 12.5. The number of carbonyl (C=O) groups is 2. The van der Waals surface area contributed by atoms with Crippen molar-refractivity contribution >= 4 is 12.0 Å². The molecule has 3 unspecified atom stereocenters. The van der Waals surface area contributed by atoms with Crippen molar-refractivity contribution in [2.24, 2.45) is 5.92 Å². The van der Waals surface area contributed by atoms with Crippen LogP contribution in [-0.4, -0.2) is 75.6 Å². The summed E-state index contributed by atoms with van der Waals surface area (Å²) in [5.41, 5.74) is -0.159. The molecule has 26 heavy (non-hydrogen) atoms. The third kappa shape index (κ3) is 3.10. The van der Waals surface area contributed by atoms with Crippen molar-refractivity contribution in [1.82, 2.24) is 14.7 Å². The second-order valence-corrected chi connectivity index (χ2v) is 8.98. The number of hydrogen-bond donors (Lipinski definition) is 1. The molecule has 0 aromatic carbocycles. The van der Waals surface area contributed by atoms with E-state index in [1.54, 1.807) is 4.90 Å². The molecule has 146 valence electrons. The van der Waals surface area contributed by atoms with E-state index < -0.39 is 6.09 Å². The number of carboxylic acid groups (broad SMARTS) is 1. The second-order valence-electron chi connectivity index (χ2n) is 8.98. The van der Waals surface area contributed by atoms with Gasteiger partial charge in [-0.2, -0.15) is 0 Å². The van der Waals surface area contributed by atoms with E-state index in [-0.39, 0.29) is 11.6 Å². The highest BCUT2D eigenvalue weighted by Gasteiger charge is 2.52. The molecule has 0 spiro atoms. The van der Waals surface area contributed by atoms with Gasteiger partial charge in [0.05, 0.1) is 0 Å². The van der Waals surface area contributed by atoms with Crippen LogP contribution in [0, 0.1) is 5.92 Å². The zero-order valence-corrected chi connectivity index (χ0v) is 16.0. The minimum absolute atomic E-state index is 0.159. The Kier molecular flexibility index (Phi) is 4.88. The zero-order valence-electron chi connectivity index (χ0n) is 16.0. The van der Waals surface area contributed by atoms with Gasteiger partial charge in [-0.25, -0.2) is 4.79 Å². The maximum absolute atomic E-state index is 12.3. The quantitative estimate of drug-likeness (QED) is 0.834. The van der Waals surface area contributed by atoms with Crippen LogP contribution in [-0.2, 0) is 4.79 Å². The van der Waals surface area contributed by atoms with Gasteiger partial charge in [-0.3, -0.25) is 14.6 Å². The Labute approximate surface area is 156 Å². The first-order valence-corrected chi connectivity index (χ1v) is 10.6. The topological polar surface area (TPSA) is 64.1 Å². The van der Waals surface area contributed by atoms with Gasteiger partial charge in [0, 0.05) is 50.2 Å². The molecule has 6 nitrogen and oxygen atoms in total. The molecule has 4 heterocycles. The Morgan fingerprint density at radius 3 is 2.50 bits per heavy atom. The van der Waals surface area contributed by atoms with Crippen molar-refractivity contribution in [2.45, 2.75) is 82.3 Å². The number of carbonyl (C=O) groups excluding carboxylic acids is 1. The molecule has 0 radical (unpaired) electrons. The lowest BCUT2D eigenvalue weighted by atomic mass is 9.70. The zero-order chi connectivity index (χ0) is 18.3. The molecule has 4 rings (SSSR count). The van der Waals surface area contributed by atoms with E-state index in [1.807, 2.05) is 4.90 Å². The Morgan fingerprint density at radius 1 is 1.12 bits per heavy atom. The Balaban J connectivity index is 1.34. The van der Waals surface area contributed by atoms with Gasteiger partial charge in [-0.1, -0.05) is 6.92 Å². The minimum Gasteiger partial charge on any atom is -0.465 e. The van der Waals surface area contributed by atoms with Crippen molar-refractivity contribution in [1.29, 1.82) is 0 Å². The number of piperidine rings is 2. The number of nitrogens with zero attached hydrogens (tertiary/aromatic N) is 3. The minimum atomic E-state index is -0.729. The maximum atomic E-state index is 12.3. The Morgan fingerprint density at radius 2 is 1.85 bits per heavy atom. The van der Waals surface area contributed by atoms with Crippen LogP contribution < -0.4 is 0 Å². The third-order valence-electron chi connectivity index (χ3n) is 7.50. The normalized spacial score (nSPS) is 35.4. The summed E-state index contributed by atoms with van der Waals surface area (Å²) in [6, 6.07) is 0.680. The molecule has 0 saturated carbocycles. The summed E-state index contributed by atoms with van der Waals surface area (Å²) >= 11 is 0. The van der Waals surface area contributed by atoms with Gasteiger partial charge >= 0.3 is 6.09 Å². The lowest BCUT2D eigenvalue weighted by Crippen LogP contribution is -2.67. The summed E-state index contributed by atoms with van der Waals surface area (Å²) in [7, 11) is 0. The number of amides is 2. The molecular formula is C20H33N3O3. The molecule has 4 saturated heterocycles. The number of likely N-dealkylation sites (tertiary alicyclic amines) is 2. The van der Waals surface area contributed by atoms with Gasteiger partial charge in [0.25, 0.3) is 0 Å². The van der Waals surface area contributed by atoms with Gasteiger partial charge in [0.2, 0.25) is 5.91 Å². The maximum Gasteiger partial charge on any atom is 0.408 e. The van der Waals surface area contributed by atoms with E-state index in [0.29, 0.717) is 24.3 Å². The summed E-state index contributed by atoms with van der Waals surface area (Å²) in [4.78, 5) is 30.6. The third-order valence-corrected chi connectivity index (χ3v) is 7.50. The fraction of sp³-hybridized carbons (Fsp3) is 0.900. The van der Waals surface area contributed by atoms with Crippen LogP contribution in [0.1, 0.15) is 64.7 Å². The molecule has 4 aliphatic rings. The van der Waals surface area contributed by atoms with Gasteiger partial charge in [0.1, 0.15) is 0 Å². The summed E-state index contributed by atoms with van der Waals surface area (Å²) in [6.07, 6.45) is 8.32. The van der Waals surface area contributed by atoms with Crippen molar-refractivity contribution in [2.75, 3.05) is 26.2 Å². The highest BCUT2D eigenvalue weighted by atomic mass is 16.4. The Bertz CT molecular complexity index is 557. The Hall–Kier alpha value is -1.30. The van der Waals surface area contributed by atoms with E-state index >= 15 is 0 Å². The van der Waals surface area contributed by atoms with Crippen molar-refractivity contribution in [3.63, 3.8) is 0 Å². The van der Waals surface area contributed by atoms with Gasteiger partial charge in [-0.05, 0) is 57.3 Å². The van der Waals surface area contributed by atoms with Crippen LogP contribution in [0.4, 0.5) is 4.79 Å². The molecule has 2 amide bonds. The average molecular weight is 364 g/mol. The van der Waals surface area contributed by atoms with E-state index in [0.717, 1.165) is 77.5 Å². The van der Waals surface area contributed by atoms with Crippen LogP contribution in [0.25, 0.3) is 0 Å². The molecule has 3 atom stereocenters. The molecule has 6 heteroatoms. The van der Waals surface area contributed by atoms with Crippen LogP contribution in [0.15, 0.2) is 0 Å². The largest absolute Gasteiger partial charge is 0.465 e. The lowest BCUT2D eigenvalue weighted by molar-refractivity contribution is -0.134. The fourth-order valence-corrected chi connectivity index (χ4v) is 6.07. The van der Waals surface area contributed by atoms with E-state index in [2.05, 4.69) is 11.8 Å². The highest BCUT2D eigenvalue weighted by Crippen LogP contribution is 2.46. The first kappa shape index (κ1) is 18.1. The van der Waals surface area contributed by atoms with Crippen molar-refractivity contribution in [3.8, 4) is 0 Å². The molecular weight excluding hydrogens is 330 g/mol. The van der Waals surface area contributed by atoms with Gasteiger partial charge in [-0.15, -0.1) is 0 Å². The predicted molar refractivity (Wildman–Crippen MR) is 99.0 cm³/mol. The van der Waals surface area contributed by atoms with Crippen LogP contribution in [0.3, 0.4) is 0 Å². The molecule has 1 N–H and O–H groups in total. The van der Waals surface area contributed by atoms with E-state index in [4.69, 9.17) is 0 Å². The molecule has 2 bridgehead atoms. The molecule has 4 fully saturated rings. The number of rotatable bonds is 4. The van der Waals surface area contributed by atoms with Crippen LogP contribution in [0.2, 0.25) is 0 Å². The average Bonchev–Trinajstić information content (AvgIpc) is 3.10. The van der Waals surface area contributed by atoms with E-state index in [1.165, 1.54) is 0 Å². The summed E-state index contributed by atoms with van der Waals surface area (Å²) < 4.78 is 0. The van der Waals surface area contributed by atoms with Crippen molar-refractivity contribution < 1.29 is 14.7 Å². The fourth-order valence-electron chi connectivity index (χ4n) is 6.07. The SMILES string of the molecule is CCC12CCCC(CC(N3CC(CC(=O)N4CCCC4)C3)C1)N2C(=O)O. The number of fused-ring (bicyclic) bond motifs is 2. The molecule has 0 aliphatic carbocycles. The second kappa shape index (κ2) is 7.02. The summed E-state index contributed by atoms with van der Waals surface area (Å²) in [5, 5.41) is 9.75. The van der Waals surface area contributed by atoms with E-state index in [9.17, 15) is 14.7 Å². The van der Waals surface area contributed by atoms with Crippen molar-refractivity contribution in [3.05, 3.63) is 0 Å². The van der Waals surface area contributed by atoms with Gasteiger partial charge < -0.3 is 10.0 Å². The molecule has 0 aromatic heterocycles. The van der Waals surface area contributed by atoms with Crippen LogP contribution in [0.5, 0.6) is 0 Å². The predicted octanol–water partition coefficient (Wildman–Crippen LogP) is 2.77. The lowest BCUT2D eigenvalue weighted by Gasteiger charge is -2.59. The smallest absolute Gasteiger partial charge is 0.408 e. The highest BCUT2D eigenvalue weighted by molar-refractivity contribution is 5.76. The summed E-state index contributed by atoms with van der Waals surface area (Å²) in [6.45, 7) is 6.08. The van der Waals surface area contributed by atoms with Gasteiger partial charge in [0.15, 0.2) is 0 Å². The molecule has 0 aromatic rings. The van der Waals surface area contributed by atoms with Crippen LogP contribution >= 0.6 is 0 Å². The monoisotopic (exact) mass is 363 g/mol.